The van der Waals surface area contributed by atoms with Crippen LogP contribution in [0.1, 0.15) is 6.42 Å². The first kappa shape index (κ1) is 5.87. The van der Waals surface area contributed by atoms with Crippen LogP contribution in [0.5, 0.6) is 0 Å². The van der Waals surface area contributed by atoms with Crippen LogP contribution in [-0.2, 0) is 0 Å². The average Bonchev–Trinajstić information content (AvgIpc) is 1.69. The summed E-state index contributed by atoms with van der Waals surface area (Å²) < 4.78 is 0. The van der Waals surface area contributed by atoms with Crippen LogP contribution < -0.4 is 0 Å². The van der Waals surface area contributed by atoms with E-state index in [9.17, 15) is 0 Å². The second-order valence-corrected chi connectivity index (χ2v) is 0.909. The summed E-state index contributed by atoms with van der Waals surface area (Å²) in [5, 5.41) is 3.20. The number of hydrogen-bond acceptors (Lipinski definition) is 1. The highest BCUT2D eigenvalue weighted by atomic mass is 15.1. The molecule has 0 rings (SSSR count). The van der Waals surface area contributed by atoms with Crippen LogP contribution in [0.15, 0.2) is 5.11 Å². The predicted molar refractivity (Wildman–Crippen MR) is 27.5 cm³/mol. The minimum Gasteiger partial charge on any atom is -0.120 e. The molecule has 0 aromatic heterocycles. The van der Waals surface area contributed by atoms with Crippen molar-refractivity contribution in [2.45, 2.75) is 6.42 Å². The maximum absolute atomic E-state index is 7.68. The SMILES string of the molecule is C#CCCN=[N+]=[N-]. The molecule has 0 atom stereocenters. The third-order valence-electron chi connectivity index (χ3n) is 0.419. The molecule has 0 aliphatic rings. The number of hydrogen-bond donors (Lipinski definition) is 0. The third-order valence-corrected chi connectivity index (χ3v) is 0.419. The molecule has 0 aromatic rings. The van der Waals surface area contributed by atoms with Crippen LogP contribution in [-0.4, -0.2) is 6.54 Å². The van der Waals surface area contributed by atoms with Gasteiger partial charge in [-0.05, 0) is 5.53 Å². The largest absolute Gasteiger partial charge is 0.120 e. The van der Waals surface area contributed by atoms with Gasteiger partial charge < -0.3 is 0 Å². The van der Waals surface area contributed by atoms with E-state index in [2.05, 4.69) is 15.9 Å². The van der Waals surface area contributed by atoms with Crippen molar-refractivity contribution in [3.8, 4) is 12.3 Å². The second kappa shape index (κ2) is 4.87. The second-order valence-electron chi connectivity index (χ2n) is 0.909. The van der Waals surface area contributed by atoms with Crippen molar-refractivity contribution >= 4 is 0 Å². The van der Waals surface area contributed by atoms with Crippen LogP contribution >= 0.6 is 0 Å². The summed E-state index contributed by atoms with van der Waals surface area (Å²) in [4.78, 5) is 2.50. The van der Waals surface area contributed by atoms with Crippen molar-refractivity contribution in [2.24, 2.45) is 5.11 Å². The van der Waals surface area contributed by atoms with Crippen molar-refractivity contribution in [1.82, 2.24) is 0 Å². The number of rotatable bonds is 2. The molecule has 0 heterocycles. The van der Waals surface area contributed by atoms with Gasteiger partial charge >= 0.3 is 0 Å². The standard InChI is InChI=1S/C4H5N3/c1-2-3-4-6-7-5/h1H,3-4H2. The Bertz CT molecular complexity index is 115. The lowest BCUT2D eigenvalue weighted by atomic mass is 10.5. The summed E-state index contributed by atoms with van der Waals surface area (Å²) in [6, 6.07) is 0. The highest BCUT2D eigenvalue weighted by molar-refractivity contribution is 4.83. The topological polar surface area (TPSA) is 48.8 Å². The average molecular weight is 95.1 g/mol. The van der Waals surface area contributed by atoms with Gasteiger partial charge in [-0.3, -0.25) is 0 Å². The van der Waals surface area contributed by atoms with Gasteiger partial charge in [0.1, 0.15) is 0 Å². The van der Waals surface area contributed by atoms with Gasteiger partial charge in [-0.2, -0.15) is 0 Å². The number of azide groups is 1. The Morgan fingerprint density at radius 2 is 2.57 bits per heavy atom. The van der Waals surface area contributed by atoms with Gasteiger partial charge in [-0.15, -0.1) is 12.3 Å². The minimum atomic E-state index is 0.410. The van der Waals surface area contributed by atoms with Crippen LogP contribution in [0.2, 0.25) is 0 Å². The molecule has 3 nitrogen and oxygen atoms in total. The quantitative estimate of drug-likeness (QED) is 0.163. The lowest BCUT2D eigenvalue weighted by Crippen LogP contribution is -1.69. The Morgan fingerprint density at radius 3 is 3.00 bits per heavy atom. The Balaban J connectivity index is 3.03. The number of nitrogens with zero attached hydrogens (tertiary/aromatic N) is 3. The van der Waals surface area contributed by atoms with Crippen molar-refractivity contribution < 1.29 is 0 Å². The predicted octanol–water partition coefficient (Wildman–Crippen LogP) is 1.32. The lowest BCUT2D eigenvalue weighted by Gasteiger charge is -1.72. The fourth-order valence-electron chi connectivity index (χ4n) is 0.159. The molecule has 0 spiro atoms. The maximum Gasteiger partial charge on any atom is 0.0367 e. The first-order chi connectivity index (χ1) is 3.41. The molecule has 0 unspecified atom stereocenters. The third kappa shape index (κ3) is 4.87. The summed E-state index contributed by atoms with van der Waals surface area (Å²) in [6.07, 6.45) is 5.37. The smallest absolute Gasteiger partial charge is 0.0367 e. The monoisotopic (exact) mass is 95.0 g/mol. The van der Waals surface area contributed by atoms with E-state index in [1.54, 1.807) is 0 Å². The maximum atomic E-state index is 7.68. The molecule has 0 saturated heterocycles. The van der Waals surface area contributed by atoms with E-state index < -0.39 is 0 Å². The Morgan fingerprint density at radius 1 is 1.86 bits per heavy atom. The zero-order chi connectivity index (χ0) is 5.54. The van der Waals surface area contributed by atoms with Gasteiger partial charge in [0.15, 0.2) is 0 Å². The zero-order valence-electron chi connectivity index (χ0n) is 3.83. The minimum absolute atomic E-state index is 0.410. The van der Waals surface area contributed by atoms with E-state index >= 15 is 0 Å². The molecular weight excluding hydrogens is 90.1 g/mol. The van der Waals surface area contributed by atoms with E-state index in [0.29, 0.717) is 13.0 Å². The molecule has 0 bridgehead atoms. The number of terminal acetylenes is 1. The first-order valence-electron chi connectivity index (χ1n) is 1.86. The summed E-state index contributed by atoms with van der Waals surface area (Å²) in [7, 11) is 0. The molecule has 0 aliphatic heterocycles. The summed E-state index contributed by atoms with van der Waals surface area (Å²) >= 11 is 0. The van der Waals surface area contributed by atoms with Gasteiger partial charge in [0.25, 0.3) is 0 Å². The Kier molecular flexibility index (Phi) is 4.08. The highest BCUT2D eigenvalue weighted by Gasteiger charge is 1.69. The van der Waals surface area contributed by atoms with E-state index in [1.807, 2.05) is 0 Å². The van der Waals surface area contributed by atoms with Crippen molar-refractivity contribution in [3.05, 3.63) is 10.4 Å². The summed E-state index contributed by atoms with van der Waals surface area (Å²) in [5.41, 5.74) is 7.68. The molecule has 0 N–H and O–H groups in total. The van der Waals surface area contributed by atoms with Crippen LogP contribution in [0.25, 0.3) is 10.4 Å². The van der Waals surface area contributed by atoms with Gasteiger partial charge in [-0.25, -0.2) is 0 Å². The lowest BCUT2D eigenvalue weighted by molar-refractivity contribution is 1.02. The zero-order valence-corrected chi connectivity index (χ0v) is 3.83. The van der Waals surface area contributed by atoms with Crippen molar-refractivity contribution in [3.63, 3.8) is 0 Å². The van der Waals surface area contributed by atoms with Gasteiger partial charge in [0.05, 0.1) is 0 Å². The Labute approximate surface area is 42.0 Å². The van der Waals surface area contributed by atoms with Crippen LogP contribution in [0, 0.1) is 12.3 Å². The van der Waals surface area contributed by atoms with Gasteiger partial charge in [-0.1, -0.05) is 5.11 Å². The molecule has 0 fully saturated rings. The molecule has 0 radical (unpaired) electrons. The molecule has 0 aliphatic carbocycles. The van der Waals surface area contributed by atoms with E-state index in [-0.39, 0.29) is 0 Å². The van der Waals surface area contributed by atoms with Crippen molar-refractivity contribution in [2.75, 3.05) is 6.54 Å². The van der Waals surface area contributed by atoms with Crippen LogP contribution in [0.3, 0.4) is 0 Å². The Hall–Kier alpha value is -1.13. The summed E-state index contributed by atoms with van der Waals surface area (Å²) in [5.74, 6) is 2.34. The normalized spacial score (nSPS) is 6.14. The molecule has 3 heteroatoms. The molecule has 36 valence electrons. The first-order valence-corrected chi connectivity index (χ1v) is 1.86. The highest BCUT2D eigenvalue weighted by Crippen LogP contribution is 1.75. The van der Waals surface area contributed by atoms with E-state index in [4.69, 9.17) is 12.0 Å². The van der Waals surface area contributed by atoms with E-state index in [0.717, 1.165) is 0 Å². The fourth-order valence-corrected chi connectivity index (χ4v) is 0.159. The molecule has 0 amide bonds. The summed E-state index contributed by atoms with van der Waals surface area (Å²) in [6.45, 7) is 0.410. The van der Waals surface area contributed by atoms with Gasteiger partial charge in [0, 0.05) is 17.9 Å². The van der Waals surface area contributed by atoms with Gasteiger partial charge in [0.2, 0.25) is 0 Å². The molecule has 0 aromatic carbocycles. The molecular formula is C4H5N3. The van der Waals surface area contributed by atoms with Crippen LogP contribution in [0.4, 0.5) is 0 Å². The fraction of sp³-hybridized carbons (Fsp3) is 0.500. The van der Waals surface area contributed by atoms with E-state index in [1.165, 1.54) is 0 Å². The molecule has 0 saturated carbocycles. The van der Waals surface area contributed by atoms with Crippen molar-refractivity contribution in [1.29, 1.82) is 0 Å². The molecule has 7 heavy (non-hydrogen) atoms.